The lowest BCUT2D eigenvalue weighted by atomic mass is 9.68. The fourth-order valence-corrected chi connectivity index (χ4v) is 5.70. The van der Waals surface area contributed by atoms with Crippen molar-refractivity contribution >= 4 is 22.4 Å². The summed E-state index contributed by atoms with van der Waals surface area (Å²) < 4.78 is 13.2. The zero-order valence-electron chi connectivity index (χ0n) is 16.5. The number of benzene rings is 1. The van der Waals surface area contributed by atoms with Crippen molar-refractivity contribution < 1.29 is 9.00 Å². The zero-order valence-corrected chi connectivity index (χ0v) is 17.3. The molecule has 1 aromatic rings. The van der Waals surface area contributed by atoms with E-state index in [4.69, 9.17) is 0 Å². The van der Waals surface area contributed by atoms with Gasteiger partial charge in [-0.2, -0.15) is 0 Å². The molecule has 26 heavy (non-hydrogen) atoms. The molecule has 1 aromatic carbocycles. The summed E-state index contributed by atoms with van der Waals surface area (Å²) in [6.45, 7) is 8.70. The Labute approximate surface area is 159 Å². The number of allylic oxidation sites excluding steroid dienone is 3. The van der Waals surface area contributed by atoms with Crippen LogP contribution in [0.5, 0.6) is 0 Å². The van der Waals surface area contributed by atoms with Crippen molar-refractivity contribution in [3.63, 3.8) is 0 Å². The molecule has 0 saturated carbocycles. The van der Waals surface area contributed by atoms with Crippen LogP contribution in [0.3, 0.4) is 0 Å². The first-order chi connectivity index (χ1) is 12.2. The quantitative estimate of drug-likeness (QED) is 0.587. The van der Waals surface area contributed by atoms with E-state index < -0.39 is 10.8 Å². The molecule has 2 aliphatic rings. The molecule has 0 radical (unpaired) electrons. The van der Waals surface area contributed by atoms with Crippen molar-refractivity contribution in [1.29, 1.82) is 0 Å². The van der Waals surface area contributed by atoms with Crippen LogP contribution < -0.4 is 4.90 Å². The van der Waals surface area contributed by atoms with Crippen LogP contribution in [0.1, 0.15) is 53.4 Å². The number of para-hydroxylation sites is 1. The average Bonchev–Trinajstić information content (AvgIpc) is 2.61. The Kier molecular flexibility index (Phi) is 5.25. The highest BCUT2D eigenvalue weighted by Gasteiger charge is 2.34. The van der Waals surface area contributed by atoms with Gasteiger partial charge >= 0.3 is 0 Å². The average molecular weight is 372 g/mol. The molecule has 140 valence electrons. The second kappa shape index (κ2) is 7.15. The molecule has 0 N–H and O–H groups in total. The molecule has 4 heteroatoms. The molecule has 1 heterocycles. The molecule has 2 bridgehead atoms. The predicted molar refractivity (Wildman–Crippen MR) is 108 cm³/mol. The third-order valence-electron chi connectivity index (χ3n) is 6.11. The van der Waals surface area contributed by atoms with E-state index in [1.54, 1.807) is 11.9 Å². The first kappa shape index (κ1) is 19.1. The van der Waals surface area contributed by atoms with Crippen LogP contribution in [0.15, 0.2) is 51.3 Å². The largest absolute Gasteiger partial charge is 0.314 e. The second-order valence-electron chi connectivity index (χ2n) is 8.13. The van der Waals surface area contributed by atoms with Crippen LogP contribution in [0.4, 0.5) is 5.69 Å². The minimum atomic E-state index is -1.27. The van der Waals surface area contributed by atoms with E-state index in [-0.39, 0.29) is 17.2 Å². The number of carbonyl (C=O) groups is 1. The van der Waals surface area contributed by atoms with Crippen molar-refractivity contribution in [3.8, 4) is 0 Å². The minimum absolute atomic E-state index is 0.0635. The van der Waals surface area contributed by atoms with Gasteiger partial charge in [-0.05, 0) is 44.7 Å². The third-order valence-corrected chi connectivity index (χ3v) is 7.39. The van der Waals surface area contributed by atoms with Crippen LogP contribution in [-0.2, 0) is 15.6 Å². The summed E-state index contributed by atoms with van der Waals surface area (Å²) in [6, 6.07) is 7.56. The van der Waals surface area contributed by atoms with Crippen molar-refractivity contribution in [1.82, 2.24) is 0 Å². The maximum atomic E-state index is 13.2. The number of anilines is 1. The van der Waals surface area contributed by atoms with E-state index in [1.165, 1.54) is 16.7 Å². The van der Waals surface area contributed by atoms with Crippen molar-refractivity contribution in [2.45, 2.75) is 58.3 Å². The number of hydrogen-bond donors (Lipinski definition) is 0. The molecule has 3 nitrogen and oxygen atoms in total. The second-order valence-corrected chi connectivity index (χ2v) is 9.40. The van der Waals surface area contributed by atoms with E-state index in [0.717, 1.165) is 31.4 Å². The summed E-state index contributed by atoms with van der Waals surface area (Å²) in [5, 5.41) is 1.94. The lowest BCUT2D eigenvalue weighted by Gasteiger charge is -2.38. The van der Waals surface area contributed by atoms with E-state index in [2.05, 4.69) is 20.8 Å². The Hall–Kier alpha value is -1.68. The standard InChI is InChI=1S/C22H29NO2S/c1-15-10-12-17-14-26(25)20-9-7-6-8-19(20)23(5)21(24)16(2)11-13-18(15)22(17,3)4/h6-9,14,16H,10-13H2,1-5H3/b17-14+/t16-,26+/m1/s1. The summed E-state index contributed by atoms with van der Waals surface area (Å²) >= 11 is 0. The van der Waals surface area contributed by atoms with Gasteiger partial charge < -0.3 is 4.90 Å². The summed E-state index contributed by atoms with van der Waals surface area (Å²) in [6.07, 6.45) is 3.75. The van der Waals surface area contributed by atoms with Gasteiger partial charge in [0, 0.05) is 23.8 Å². The lowest BCUT2D eigenvalue weighted by Crippen LogP contribution is -2.33. The smallest absolute Gasteiger partial charge is 0.229 e. The van der Waals surface area contributed by atoms with Gasteiger partial charge in [-0.3, -0.25) is 4.79 Å². The van der Waals surface area contributed by atoms with E-state index >= 15 is 0 Å². The van der Waals surface area contributed by atoms with Gasteiger partial charge in [0.25, 0.3) is 0 Å². The lowest BCUT2D eigenvalue weighted by molar-refractivity contribution is -0.121. The van der Waals surface area contributed by atoms with Crippen LogP contribution in [0, 0.1) is 11.3 Å². The molecule has 1 amide bonds. The topological polar surface area (TPSA) is 37.4 Å². The summed E-state index contributed by atoms with van der Waals surface area (Å²) in [4.78, 5) is 15.3. The predicted octanol–water partition coefficient (Wildman–Crippen LogP) is 5.21. The normalized spacial score (nSPS) is 28.6. The number of carbonyl (C=O) groups excluding carboxylic acids is 1. The highest BCUT2D eigenvalue weighted by molar-refractivity contribution is 7.88. The molecule has 0 unspecified atom stereocenters. The molecule has 1 aliphatic carbocycles. The van der Waals surface area contributed by atoms with Crippen LogP contribution >= 0.6 is 0 Å². The number of amides is 1. The number of nitrogens with zero attached hydrogens (tertiary/aromatic N) is 1. The van der Waals surface area contributed by atoms with Gasteiger partial charge in [-0.15, -0.1) is 0 Å². The molecule has 0 saturated heterocycles. The fraction of sp³-hybridized carbons (Fsp3) is 0.500. The van der Waals surface area contributed by atoms with E-state index in [1.807, 2.05) is 36.6 Å². The van der Waals surface area contributed by atoms with Crippen LogP contribution in [-0.4, -0.2) is 17.2 Å². The molecule has 2 atom stereocenters. The van der Waals surface area contributed by atoms with Gasteiger partial charge in [-0.25, -0.2) is 4.21 Å². The van der Waals surface area contributed by atoms with Gasteiger partial charge in [-0.1, -0.05) is 49.6 Å². The molecule has 0 spiro atoms. The van der Waals surface area contributed by atoms with Crippen LogP contribution in [0.2, 0.25) is 0 Å². The Morgan fingerprint density at radius 2 is 1.85 bits per heavy atom. The van der Waals surface area contributed by atoms with Gasteiger partial charge in [0.2, 0.25) is 5.91 Å². The Balaban J connectivity index is 2.18. The van der Waals surface area contributed by atoms with Gasteiger partial charge in [0.15, 0.2) is 0 Å². The monoisotopic (exact) mass is 371 g/mol. The summed E-state index contributed by atoms with van der Waals surface area (Å²) in [5.74, 6) is 0.0254. The molecule has 3 rings (SSSR count). The fourth-order valence-electron chi connectivity index (χ4n) is 4.28. The first-order valence-corrected chi connectivity index (χ1v) is 10.6. The zero-order chi connectivity index (χ0) is 19.1. The Morgan fingerprint density at radius 3 is 2.58 bits per heavy atom. The van der Waals surface area contributed by atoms with Crippen molar-refractivity contribution in [2.75, 3.05) is 11.9 Å². The SMILES string of the molecule is CC1=C2CC[C@@H](C)C(=O)N(C)c3ccccc3[S@@](=O)/C=C(\CC1)C2(C)C. The minimum Gasteiger partial charge on any atom is -0.314 e. The highest BCUT2D eigenvalue weighted by Crippen LogP contribution is 2.47. The Morgan fingerprint density at radius 1 is 1.15 bits per heavy atom. The van der Waals surface area contributed by atoms with E-state index in [0.29, 0.717) is 4.90 Å². The number of fused-ring (bicyclic) bond motifs is 3. The molecule has 0 aromatic heterocycles. The number of hydrogen-bond acceptors (Lipinski definition) is 2. The third kappa shape index (κ3) is 3.32. The maximum Gasteiger partial charge on any atom is 0.229 e. The first-order valence-electron chi connectivity index (χ1n) is 9.41. The van der Waals surface area contributed by atoms with Gasteiger partial charge in [0.05, 0.1) is 21.4 Å². The maximum absolute atomic E-state index is 13.2. The van der Waals surface area contributed by atoms with Gasteiger partial charge in [0.1, 0.15) is 0 Å². The molecular weight excluding hydrogens is 342 g/mol. The van der Waals surface area contributed by atoms with Crippen molar-refractivity contribution in [2.24, 2.45) is 11.3 Å². The molecular formula is C22H29NO2S. The van der Waals surface area contributed by atoms with E-state index in [9.17, 15) is 9.00 Å². The summed E-state index contributed by atoms with van der Waals surface area (Å²) in [7, 11) is 0.525. The number of rotatable bonds is 0. The summed E-state index contributed by atoms with van der Waals surface area (Å²) in [5.41, 5.74) is 4.77. The molecule has 0 fully saturated rings. The molecule has 1 aliphatic heterocycles. The van der Waals surface area contributed by atoms with Crippen LogP contribution in [0.25, 0.3) is 0 Å². The highest BCUT2D eigenvalue weighted by atomic mass is 32.2. The Bertz CT molecular complexity index is 819. The van der Waals surface area contributed by atoms with Crippen molar-refractivity contribution in [3.05, 3.63) is 46.4 Å².